The van der Waals surface area contributed by atoms with Crippen LogP contribution in [0.25, 0.3) is 11.5 Å². The van der Waals surface area contributed by atoms with Crippen molar-refractivity contribution in [2.45, 2.75) is 47.2 Å². The van der Waals surface area contributed by atoms with E-state index in [1.165, 1.54) is 0 Å². The zero-order valence-electron chi connectivity index (χ0n) is 17.1. The molecule has 0 fully saturated rings. The average molecular weight is 386 g/mol. The minimum atomic E-state index is 0.230. The summed E-state index contributed by atoms with van der Waals surface area (Å²) >= 11 is 1.70. The van der Waals surface area contributed by atoms with Crippen LogP contribution in [0.3, 0.4) is 0 Å². The standard InChI is InChI=1S/C21H27N3O2S/c1-12-11-27-21(22-12)15(4)24(6)10-18-16(5)26-20(23-18)17-8-9-19(25-7)14(3)13(17)2/h8-9,11,15H,10H2,1-7H3/t15-/m1/s1. The molecular weight excluding hydrogens is 358 g/mol. The molecule has 1 atom stereocenters. The van der Waals surface area contributed by atoms with Crippen molar-refractivity contribution in [1.29, 1.82) is 0 Å². The van der Waals surface area contributed by atoms with Gasteiger partial charge in [-0.3, -0.25) is 4.90 Å². The summed E-state index contributed by atoms with van der Waals surface area (Å²) in [6.07, 6.45) is 0. The molecule has 2 aromatic heterocycles. The van der Waals surface area contributed by atoms with E-state index >= 15 is 0 Å². The van der Waals surface area contributed by atoms with E-state index in [-0.39, 0.29) is 6.04 Å². The maximum Gasteiger partial charge on any atom is 0.226 e. The lowest BCUT2D eigenvalue weighted by Gasteiger charge is -2.21. The SMILES string of the molecule is COc1ccc(-c2nc(CN(C)[C@H](C)c3nc(C)cs3)c(C)o2)c(C)c1C. The summed E-state index contributed by atoms with van der Waals surface area (Å²) in [5.41, 5.74) is 5.27. The molecular formula is C21H27N3O2S. The van der Waals surface area contributed by atoms with Gasteiger partial charge in [0, 0.05) is 23.2 Å². The van der Waals surface area contributed by atoms with Gasteiger partial charge >= 0.3 is 0 Å². The summed E-state index contributed by atoms with van der Waals surface area (Å²) in [6, 6.07) is 4.21. The Balaban J connectivity index is 1.84. The smallest absolute Gasteiger partial charge is 0.226 e. The lowest BCUT2D eigenvalue weighted by molar-refractivity contribution is 0.248. The molecule has 0 unspecified atom stereocenters. The van der Waals surface area contributed by atoms with Crippen molar-refractivity contribution < 1.29 is 9.15 Å². The van der Waals surface area contributed by atoms with Crippen LogP contribution in [0.15, 0.2) is 21.9 Å². The van der Waals surface area contributed by atoms with Crippen LogP contribution in [-0.4, -0.2) is 29.0 Å². The summed E-state index contributed by atoms with van der Waals surface area (Å²) in [4.78, 5) is 11.6. The summed E-state index contributed by atoms with van der Waals surface area (Å²) in [6.45, 7) is 11.0. The fourth-order valence-corrected chi connectivity index (χ4v) is 3.98. The second kappa shape index (κ2) is 7.82. The van der Waals surface area contributed by atoms with Gasteiger partial charge in [0.1, 0.15) is 16.5 Å². The van der Waals surface area contributed by atoms with E-state index in [4.69, 9.17) is 14.1 Å². The third-order valence-corrected chi connectivity index (χ3v) is 6.27. The van der Waals surface area contributed by atoms with E-state index in [0.29, 0.717) is 12.4 Å². The zero-order chi connectivity index (χ0) is 19.7. The number of oxazole rings is 1. The van der Waals surface area contributed by atoms with Crippen molar-refractivity contribution in [3.63, 3.8) is 0 Å². The number of hydrogen-bond donors (Lipinski definition) is 0. The van der Waals surface area contributed by atoms with Crippen molar-refractivity contribution >= 4 is 11.3 Å². The summed E-state index contributed by atoms with van der Waals surface area (Å²) < 4.78 is 11.4. The lowest BCUT2D eigenvalue weighted by atomic mass is 10.0. The molecule has 27 heavy (non-hydrogen) atoms. The molecule has 2 heterocycles. The maximum atomic E-state index is 6.01. The average Bonchev–Trinajstić information content (AvgIpc) is 3.22. The number of methoxy groups -OCH3 is 1. The Morgan fingerprint density at radius 3 is 2.52 bits per heavy atom. The third kappa shape index (κ3) is 3.92. The number of aryl methyl sites for hydroxylation is 2. The first-order chi connectivity index (χ1) is 12.8. The molecule has 6 heteroatoms. The van der Waals surface area contributed by atoms with Gasteiger partial charge < -0.3 is 9.15 Å². The van der Waals surface area contributed by atoms with Crippen LogP contribution >= 0.6 is 11.3 Å². The molecule has 0 N–H and O–H groups in total. The molecule has 0 aliphatic heterocycles. The molecule has 144 valence electrons. The highest BCUT2D eigenvalue weighted by Gasteiger charge is 2.20. The molecule has 0 radical (unpaired) electrons. The third-order valence-electron chi connectivity index (χ3n) is 5.13. The highest BCUT2D eigenvalue weighted by Crippen LogP contribution is 2.32. The van der Waals surface area contributed by atoms with Crippen LogP contribution < -0.4 is 4.74 Å². The molecule has 0 aliphatic carbocycles. The van der Waals surface area contributed by atoms with Crippen LogP contribution in [0, 0.1) is 27.7 Å². The largest absolute Gasteiger partial charge is 0.496 e. The van der Waals surface area contributed by atoms with Crippen molar-refractivity contribution in [1.82, 2.24) is 14.9 Å². The topological polar surface area (TPSA) is 51.4 Å². The van der Waals surface area contributed by atoms with Gasteiger partial charge in [0.05, 0.1) is 18.8 Å². The van der Waals surface area contributed by atoms with Crippen LogP contribution in [0.4, 0.5) is 0 Å². The number of hydrogen-bond acceptors (Lipinski definition) is 6. The minimum Gasteiger partial charge on any atom is -0.496 e. The predicted molar refractivity (Wildman–Crippen MR) is 109 cm³/mol. The number of benzene rings is 1. The van der Waals surface area contributed by atoms with Crippen molar-refractivity contribution in [2.24, 2.45) is 0 Å². The lowest BCUT2D eigenvalue weighted by Crippen LogP contribution is -2.22. The minimum absolute atomic E-state index is 0.230. The van der Waals surface area contributed by atoms with E-state index in [0.717, 1.165) is 44.6 Å². The van der Waals surface area contributed by atoms with Crippen molar-refractivity contribution in [3.8, 4) is 17.2 Å². The quantitative estimate of drug-likeness (QED) is 0.581. The normalized spacial score (nSPS) is 12.6. The van der Waals surface area contributed by atoms with Gasteiger partial charge in [0.15, 0.2) is 0 Å². The molecule has 0 bridgehead atoms. The van der Waals surface area contributed by atoms with Gasteiger partial charge in [-0.1, -0.05) is 0 Å². The molecule has 5 nitrogen and oxygen atoms in total. The first-order valence-corrected chi connectivity index (χ1v) is 9.93. The summed E-state index contributed by atoms with van der Waals surface area (Å²) in [5, 5.41) is 3.21. The first kappa shape index (κ1) is 19.6. The Labute approximate surface area is 165 Å². The Bertz CT molecular complexity index is 945. The van der Waals surface area contributed by atoms with E-state index in [9.17, 15) is 0 Å². The Morgan fingerprint density at radius 1 is 1.15 bits per heavy atom. The Hall–Kier alpha value is -2.18. The van der Waals surface area contributed by atoms with Gasteiger partial charge in [0.2, 0.25) is 5.89 Å². The van der Waals surface area contributed by atoms with Crippen LogP contribution in [-0.2, 0) is 6.54 Å². The zero-order valence-corrected chi connectivity index (χ0v) is 17.9. The Kier molecular flexibility index (Phi) is 5.67. The first-order valence-electron chi connectivity index (χ1n) is 9.05. The van der Waals surface area contributed by atoms with E-state index in [2.05, 4.69) is 43.1 Å². The molecule has 3 rings (SSSR count). The number of rotatable bonds is 6. The number of aromatic nitrogens is 2. The van der Waals surface area contributed by atoms with Crippen molar-refractivity contribution in [2.75, 3.05) is 14.2 Å². The second-order valence-corrected chi connectivity index (χ2v) is 7.90. The summed E-state index contributed by atoms with van der Waals surface area (Å²) in [5.74, 6) is 2.40. The van der Waals surface area contributed by atoms with Crippen LogP contribution in [0.5, 0.6) is 5.75 Å². The molecule has 0 amide bonds. The van der Waals surface area contributed by atoms with Gasteiger partial charge in [-0.05, 0) is 64.9 Å². The fraction of sp³-hybridized carbons (Fsp3) is 0.429. The number of ether oxygens (including phenoxy) is 1. The molecule has 0 saturated heterocycles. The monoisotopic (exact) mass is 385 g/mol. The van der Waals surface area contributed by atoms with Gasteiger partial charge in [-0.25, -0.2) is 9.97 Å². The van der Waals surface area contributed by atoms with Gasteiger partial charge in [-0.15, -0.1) is 11.3 Å². The Morgan fingerprint density at radius 2 is 1.89 bits per heavy atom. The molecule has 0 spiro atoms. The molecule has 0 aliphatic rings. The van der Waals surface area contributed by atoms with E-state index in [1.807, 2.05) is 26.0 Å². The van der Waals surface area contributed by atoms with Crippen LogP contribution in [0.1, 0.15) is 46.2 Å². The maximum absolute atomic E-state index is 6.01. The predicted octanol–water partition coefficient (Wildman–Crippen LogP) is 5.23. The highest BCUT2D eigenvalue weighted by molar-refractivity contribution is 7.09. The fourth-order valence-electron chi connectivity index (χ4n) is 3.06. The van der Waals surface area contributed by atoms with Gasteiger partial charge in [-0.2, -0.15) is 0 Å². The number of nitrogens with zero attached hydrogens (tertiary/aromatic N) is 3. The second-order valence-electron chi connectivity index (χ2n) is 7.01. The van der Waals surface area contributed by atoms with Gasteiger partial charge in [0.25, 0.3) is 0 Å². The van der Waals surface area contributed by atoms with E-state index in [1.54, 1.807) is 18.4 Å². The molecule has 0 saturated carbocycles. The highest BCUT2D eigenvalue weighted by atomic mass is 32.1. The molecule has 1 aromatic carbocycles. The number of thiazole rings is 1. The molecule has 3 aromatic rings. The summed E-state index contributed by atoms with van der Waals surface area (Å²) in [7, 11) is 3.79. The van der Waals surface area contributed by atoms with Crippen molar-refractivity contribution in [3.05, 3.63) is 50.8 Å². The van der Waals surface area contributed by atoms with E-state index < -0.39 is 0 Å². The van der Waals surface area contributed by atoms with Crippen LogP contribution in [0.2, 0.25) is 0 Å².